The average Bonchev–Trinajstić information content (AvgIpc) is 2.44. The lowest BCUT2D eigenvalue weighted by Gasteiger charge is -2.09. The molecule has 0 aromatic heterocycles. The first kappa shape index (κ1) is 17.3. The summed E-state index contributed by atoms with van der Waals surface area (Å²) in [6, 6.07) is 7.43. The largest absolute Gasteiger partial charge is 0.383 e. The molecule has 0 saturated carbocycles. The Labute approximate surface area is 130 Å². The van der Waals surface area contributed by atoms with Crippen molar-refractivity contribution < 1.29 is 4.79 Å². The molecule has 0 bridgehead atoms. The number of amidine groups is 1. The topological polar surface area (TPSA) is 132 Å². The SMILES string of the molecule is C=C(NC=C(C(N)=O)C(N)=Nc1cccc(C)c1)NCCN. The van der Waals surface area contributed by atoms with Crippen molar-refractivity contribution in [3.05, 3.63) is 54.0 Å². The van der Waals surface area contributed by atoms with Gasteiger partial charge in [0.05, 0.1) is 17.1 Å². The fourth-order valence-corrected chi connectivity index (χ4v) is 1.60. The van der Waals surface area contributed by atoms with Crippen LogP contribution in [-0.4, -0.2) is 24.8 Å². The van der Waals surface area contributed by atoms with Crippen molar-refractivity contribution >= 4 is 17.4 Å². The molecule has 1 aromatic carbocycles. The Kier molecular flexibility index (Phi) is 6.65. The number of amides is 1. The number of hydrogen-bond donors (Lipinski definition) is 5. The second kappa shape index (κ2) is 8.48. The Hall–Kier alpha value is -2.80. The molecule has 0 atom stereocenters. The number of primary amides is 1. The number of nitrogens with zero attached hydrogens (tertiary/aromatic N) is 1. The molecule has 0 heterocycles. The molecule has 0 aliphatic carbocycles. The Morgan fingerprint density at radius 3 is 2.73 bits per heavy atom. The van der Waals surface area contributed by atoms with E-state index in [2.05, 4.69) is 22.2 Å². The van der Waals surface area contributed by atoms with Crippen LogP contribution in [0.3, 0.4) is 0 Å². The molecular formula is C15H22N6O. The minimum atomic E-state index is -0.687. The van der Waals surface area contributed by atoms with Gasteiger partial charge in [0.1, 0.15) is 5.84 Å². The lowest BCUT2D eigenvalue weighted by Crippen LogP contribution is -2.31. The van der Waals surface area contributed by atoms with Crippen LogP contribution in [0.25, 0.3) is 0 Å². The maximum atomic E-state index is 11.5. The fourth-order valence-electron chi connectivity index (χ4n) is 1.60. The van der Waals surface area contributed by atoms with Crippen LogP contribution < -0.4 is 27.8 Å². The standard InChI is InChI=1S/C15H22N6O/c1-10-4-3-5-12(8-10)21-14(17)13(15(18)22)9-20-11(2)19-7-6-16/h3-5,8-9,19-20H,2,6-7,16H2,1H3,(H2,17,21)(H2,18,22). The lowest BCUT2D eigenvalue weighted by atomic mass is 10.2. The van der Waals surface area contributed by atoms with E-state index in [-0.39, 0.29) is 11.4 Å². The molecule has 8 N–H and O–H groups in total. The highest BCUT2D eigenvalue weighted by Crippen LogP contribution is 2.14. The number of aliphatic imine (C=N–C) groups is 1. The molecule has 7 heteroatoms. The Morgan fingerprint density at radius 1 is 1.41 bits per heavy atom. The van der Waals surface area contributed by atoms with Crippen LogP contribution in [0.15, 0.2) is 53.4 Å². The van der Waals surface area contributed by atoms with Crippen molar-refractivity contribution in [2.24, 2.45) is 22.2 Å². The van der Waals surface area contributed by atoms with Gasteiger partial charge >= 0.3 is 0 Å². The van der Waals surface area contributed by atoms with Gasteiger partial charge in [-0.2, -0.15) is 0 Å². The second-order valence-corrected chi connectivity index (χ2v) is 4.60. The predicted molar refractivity (Wildman–Crippen MR) is 89.1 cm³/mol. The van der Waals surface area contributed by atoms with Crippen LogP contribution in [0.4, 0.5) is 5.69 Å². The summed E-state index contributed by atoms with van der Waals surface area (Å²) in [7, 11) is 0. The summed E-state index contributed by atoms with van der Waals surface area (Å²) in [4.78, 5) is 15.7. The molecular weight excluding hydrogens is 280 g/mol. The quantitative estimate of drug-likeness (QED) is 0.261. The van der Waals surface area contributed by atoms with Gasteiger partial charge in [-0.1, -0.05) is 18.7 Å². The fraction of sp³-hybridized carbons (Fsp3) is 0.200. The van der Waals surface area contributed by atoms with E-state index in [0.717, 1.165) is 5.56 Å². The summed E-state index contributed by atoms with van der Waals surface area (Å²) in [5, 5.41) is 5.71. The summed E-state index contributed by atoms with van der Waals surface area (Å²) in [6.07, 6.45) is 1.36. The molecule has 0 saturated heterocycles. The van der Waals surface area contributed by atoms with Gasteiger partial charge in [0.25, 0.3) is 5.91 Å². The zero-order chi connectivity index (χ0) is 16.5. The highest BCUT2D eigenvalue weighted by atomic mass is 16.1. The zero-order valence-electron chi connectivity index (χ0n) is 12.6. The minimum Gasteiger partial charge on any atom is -0.383 e. The Morgan fingerprint density at radius 2 is 2.14 bits per heavy atom. The van der Waals surface area contributed by atoms with Crippen molar-refractivity contribution in [2.45, 2.75) is 6.92 Å². The molecule has 118 valence electrons. The van der Waals surface area contributed by atoms with Crippen molar-refractivity contribution in [2.75, 3.05) is 13.1 Å². The molecule has 0 radical (unpaired) electrons. The van der Waals surface area contributed by atoms with Crippen LogP contribution >= 0.6 is 0 Å². The van der Waals surface area contributed by atoms with Gasteiger partial charge in [-0.25, -0.2) is 4.99 Å². The van der Waals surface area contributed by atoms with E-state index in [1.807, 2.05) is 25.1 Å². The number of carbonyl (C=O) groups excluding carboxylic acids is 1. The van der Waals surface area contributed by atoms with Crippen LogP contribution in [0.1, 0.15) is 5.56 Å². The Balaban J connectivity index is 2.90. The molecule has 1 rings (SSSR count). The highest BCUT2D eigenvalue weighted by Gasteiger charge is 2.10. The van der Waals surface area contributed by atoms with E-state index >= 15 is 0 Å². The zero-order valence-corrected chi connectivity index (χ0v) is 12.6. The average molecular weight is 302 g/mol. The van der Waals surface area contributed by atoms with Gasteiger partial charge in [-0.05, 0) is 24.6 Å². The Bertz CT molecular complexity index is 606. The monoisotopic (exact) mass is 302 g/mol. The molecule has 0 spiro atoms. The van der Waals surface area contributed by atoms with E-state index in [1.165, 1.54) is 6.20 Å². The van der Waals surface area contributed by atoms with Gasteiger partial charge in [0.2, 0.25) is 0 Å². The number of hydrogen-bond acceptors (Lipinski definition) is 5. The molecule has 0 aliphatic heterocycles. The third-order valence-corrected chi connectivity index (χ3v) is 2.67. The lowest BCUT2D eigenvalue weighted by molar-refractivity contribution is -0.114. The van der Waals surface area contributed by atoms with Crippen LogP contribution in [0.5, 0.6) is 0 Å². The van der Waals surface area contributed by atoms with E-state index in [4.69, 9.17) is 17.2 Å². The van der Waals surface area contributed by atoms with Crippen molar-refractivity contribution in [1.29, 1.82) is 0 Å². The van der Waals surface area contributed by atoms with Crippen molar-refractivity contribution in [3.63, 3.8) is 0 Å². The number of benzene rings is 1. The third kappa shape index (κ3) is 5.68. The maximum absolute atomic E-state index is 11.5. The summed E-state index contributed by atoms with van der Waals surface area (Å²) in [5.74, 6) is -0.183. The van der Waals surface area contributed by atoms with E-state index < -0.39 is 5.91 Å². The number of rotatable bonds is 8. The normalized spacial score (nSPS) is 11.9. The minimum absolute atomic E-state index is 0.0252. The number of nitrogens with two attached hydrogens (primary N) is 3. The molecule has 0 aliphatic rings. The van der Waals surface area contributed by atoms with E-state index in [0.29, 0.717) is 24.6 Å². The van der Waals surface area contributed by atoms with E-state index in [9.17, 15) is 4.79 Å². The van der Waals surface area contributed by atoms with Gasteiger partial charge in [0, 0.05) is 19.3 Å². The van der Waals surface area contributed by atoms with Crippen LogP contribution in [0.2, 0.25) is 0 Å². The van der Waals surface area contributed by atoms with Gasteiger partial charge in [-0.3, -0.25) is 4.79 Å². The summed E-state index contributed by atoms with van der Waals surface area (Å²) in [5.41, 5.74) is 18.3. The molecule has 0 unspecified atom stereocenters. The molecule has 1 amide bonds. The summed E-state index contributed by atoms with van der Waals surface area (Å²) < 4.78 is 0. The number of aryl methyl sites for hydroxylation is 1. The molecule has 1 aromatic rings. The molecule has 0 fully saturated rings. The third-order valence-electron chi connectivity index (χ3n) is 2.67. The first-order chi connectivity index (χ1) is 10.4. The van der Waals surface area contributed by atoms with Crippen molar-refractivity contribution in [1.82, 2.24) is 10.6 Å². The molecule has 7 nitrogen and oxygen atoms in total. The number of nitrogens with one attached hydrogen (secondary N) is 2. The van der Waals surface area contributed by atoms with Crippen LogP contribution in [0, 0.1) is 6.92 Å². The maximum Gasteiger partial charge on any atom is 0.253 e. The highest BCUT2D eigenvalue weighted by molar-refractivity contribution is 6.20. The van der Waals surface area contributed by atoms with Gasteiger partial charge < -0.3 is 27.8 Å². The first-order valence-electron chi connectivity index (χ1n) is 6.74. The smallest absolute Gasteiger partial charge is 0.253 e. The second-order valence-electron chi connectivity index (χ2n) is 4.60. The van der Waals surface area contributed by atoms with Gasteiger partial charge in [-0.15, -0.1) is 0 Å². The predicted octanol–water partition coefficient (Wildman–Crippen LogP) is -0.0380. The first-order valence-corrected chi connectivity index (χ1v) is 6.74. The summed E-state index contributed by atoms with van der Waals surface area (Å²) in [6.45, 7) is 6.68. The van der Waals surface area contributed by atoms with E-state index in [1.54, 1.807) is 6.07 Å². The summed E-state index contributed by atoms with van der Waals surface area (Å²) >= 11 is 0. The number of carbonyl (C=O) groups is 1. The van der Waals surface area contributed by atoms with Crippen LogP contribution in [-0.2, 0) is 4.79 Å². The molecule has 22 heavy (non-hydrogen) atoms. The van der Waals surface area contributed by atoms with Gasteiger partial charge in [0.15, 0.2) is 0 Å². The van der Waals surface area contributed by atoms with Crippen molar-refractivity contribution in [3.8, 4) is 0 Å².